The molecule has 0 bridgehead atoms. The number of aryl methyl sites for hydroxylation is 3. The lowest BCUT2D eigenvalue weighted by atomic mass is 9.70. The standard InChI is InChI=1S/C39H41N2O/c1-25-21-22-41(3)35(23-25)36-26(2)9-19-33-34-20-18-32(24-40)37(39(34)42-38(33)36)31-16-14-30(15-17-31)29-12-10-28(11-13-29)27-7-5-4-6-8-27/h9,14-23,27-29H,4-8,10-13H2,1-3H3/q+1. The van der Waals surface area contributed by atoms with Gasteiger partial charge >= 0.3 is 0 Å². The van der Waals surface area contributed by atoms with Crippen molar-refractivity contribution in [3.63, 3.8) is 0 Å². The second-order valence-corrected chi connectivity index (χ2v) is 13.0. The Labute approximate surface area is 249 Å². The first-order valence-electron chi connectivity index (χ1n) is 16.0. The zero-order valence-electron chi connectivity index (χ0n) is 25.2. The number of fused-ring (bicyclic) bond motifs is 3. The predicted octanol–water partition coefficient (Wildman–Crippen LogP) is 10.1. The van der Waals surface area contributed by atoms with E-state index < -0.39 is 0 Å². The molecule has 5 aromatic rings. The van der Waals surface area contributed by atoms with Gasteiger partial charge in [0.1, 0.15) is 18.2 Å². The molecule has 0 aliphatic heterocycles. The Morgan fingerprint density at radius 2 is 1.40 bits per heavy atom. The molecular weight excluding hydrogens is 512 g/mol. The highest BCUT2D eigenvalue weighted by Gasteiger charge is 2.29. The Balaban J connectivity index is 1.25. The van der Waals surface area contributed by atoms with Crippen LogP contribution in [0.5, 0.6) is 0 Å². The zero-order chi connectivity index (χ0) is 28.8. The van der Waals surface area contributed by atoms with E-state index in [4.69, 9.17) is 4.42 Å². The van der Waals surface area contributed by atoms with E-state index in [1.807, 2.05) is 6.07 Å². The molecule has 2 heterocycles. The van der Waals surface area contributed by atoms with Crippen molar-refractivity contribution in [3.05, 3.63) is 89.1 Å². The van der Waals surface area contributed by atoms with Crippen LogP contribution in [0.1, 0.15) is 86.0 Å². The maximum absolute atomic E-state index is 10.2. The number of pyridine rings is 1. The summed E-state index contributed by atoms with van der Waals surface area (Å²) < 4.78 is 8.95. The Kier molecular flexibility index (Phi) is 7.10. The van der Waals surface area contributed by atoms with Crippen molar-refractivity contribution >= 4 is 21.9 Å². The van der Waals surface area contributed by atoms with Crippen LogP contribution in [0.4, 0.5) is 0 Å². The second-order valence-electron chi connectivity index (χ2n) is 13.0. The first kappa shape index (κ1) is 27.0. The highest BCUT2D eigenvalue weighted by molar-refractivity contribution is 6.14. The molecular formula is C39H41N2O+. The molecule has 2 saturated carbocycles. The van der Waals surface area contributed by atoms with Crippen molar-refractivity contribution < 1.29 is 8.98 Å². The first-order chi connectivity index (χ1) is 20.5. The summed E-state index contributed by atoms with van der Waals surface area (Å²) in [5, 5.41) is 12.3. The van der Waals surface area contributed by atoms with E-state index in [1.165, 1.54) is 74.5 Å². The minimum absolute atomic E-state index is 0.650. The van der Waals surface area contributed by atoms with Crippen LogP contribution in [-0.2, 0) is 7.05 Å². The van der Waals surface area contributed by atoms with E-state index in [0.29, 0.717) is 11.5 Å². The number of nitrogens with zero attached hydrogens (tertiary/aromatic N) is 2. The van der Waals surface area contributed by atoms with Crippen LogP contribution < -0.4 is 4.57 Å². The van der Waals surface area contributed by atoms with Crippen LogP contribution in [0.2, 0.25) is 0 Å². The summed E-state index contributed by atoms with van der Waals surface area (Å²) in [7, 11) is 2.08. The Morgan fingerprint density at radius 3 is 2.12 bits per heavy atom. The van der Waals surface area contributed by atoms with Crippen LogP contribution in [0.25, 0.3) is 44.3 Å². The summed E-state index contributed by atoms with van der Waals surface area (Å²) in [5.41, 5.74) is 10.4. The minimum Gasteiger partial charge on any atom is -0.454 e. The fourth-order valence-corrected chi connectivity index (χ4v) is 8.08. The third-order valence-corrected chi connectivity index (χ3v) is 10.5. The molecule has 212 valence electrons. The molecule has 0 N–H and O–H groups in total. The van der Waals surface area contributed by atoms with Crippen molar-refractivity contribution in [3.8, 4) is 28.5 Å². The smallest absolute Gasteiger partial charge is 0.216 e. The number of nitriles is 1. The van der Waals surface area contributed by atoms with Gasteiger partial charge in [0.2, 0.25) is 5.69 Å². The minimum atomic E-state index is 0.650. The third-order valence-electron chi connectivity index (χ3n) is 10.5. The fourth-order valence-electron chi connectivity index (χ4n) is 8.08. The summed E-state index contributed by atoms with van der Waals surface area (Å²) in [5.74, 6) is 2.57. The molecule has 0 unspecified atom stereocenters. The largest absolute Gasteiger partial charge is 0.454 e. The molecule has 7 rings (SSSR count). The Bertz CT molecular complexity index is 1810. The normalized spacial score (nSPS) is 19.8. The summed E-state index contributed by atoms with van der Waals surface area (Å²) in [6.07, 6.45) is 14.7. The van der Waals surface area contributed by atoms with E-state index >= 15 is 0 Å². The quantitative estimate of drug-likeness (QED) is 0.208. The molecule has 2 aliphatic carbocycles. The van der Waals surface area contributed by atoms with Gasteiger partial charge in [0.05, 0.1) is 17.2 Å². The SMILES string of the molecule is Cc1cc[n+](C)c(-c2c(C)ccc3c2oc2c(-c4ccc(C5CCC(C6CCCCC6)CC5)cc4)c(C#N)ccc23)c1. The van der Waals surface area contributed by atoms with Gasteiger partial charge in [0.15, 0.2) is 6.20 Å². The Morgan fingerprint density at radius 1 is 0.738 bits per heavy atom. The second kappa shape index (κ2) is 11.1. The summed E-state index contributed by atoms with van der Waals surface area (Å²) in [6, 6.07) is 24.2. The molecule has 2 aliphatic rings. The number of aromatic nitrogens is 1. The van der Waals surface area contributed by atoms with Crippen molar-refractivity contribution in [1.82, 2.24) is 0 Å². The molecule has 3 nitrogen and oxygen atoms in total. The average molecular weight is 554 g/mol. The van der Waals surface area contributed by atoms with E-state index in [2.05, 4.69) is 92.3 Å². The lowest BCUT2D eigenvalue weighted by Gasteiger charge is -2.36. The molecule has 0 spiro atoms. The fraction of sp³-hybridized carbons (Fsp3) is 0.385. The molecule has 0 saturated heterocycles. The molecule has 3 heteroatoms. The van der Waals surface area contributed by atoms with E-state index in [0.717, 1.165) is 56.2 Å². The zero-order valence-corrected chi connectivity index (χ0v) is 25.2. The van der Waals surface area contributed by atoms with Crippen LogP contribution in [0.3, 0.4) is 0 Å². The van der Waals surface area contributed by atoms with Crippen molar-refractivity contribution in [2.75, 3.05) is 0 Å². The lowest BCUT2D eigenvalue weighted by Crippen LogP contribution is -2.30. The van der Waals surface area contributed by atoms with Gasteiger partial charge in [-0.3, -0.25) is 0 Å². The maximum atomic E-state index is 10.2. The molecule has 0 atom stereocenters. The molecule has 3 aromatic carbocycles. The van der Waals surface area contributed by atoms with Gasteiger partial charge in [0, 0.05) is 28.5 Å². The molecule has 2 aromatic heterocycles. The van der Waals surface area contributed by atoms with E-state index in [1.54, 1.807) is 0 Å². The van der Waals surface area contributed by atoms with Crippen LogP contribution in [0, 0.1) is 37.0 Å². The van der Waals surface area contributed by atoms with Gasteiger partial charge in [-0.05, 0) is 91.7 Å². The number of hydrogen-bond acceptors (Lipinski definition) is 2. The van der Waals surface area contributed by atoms with E-state index in [9.17, 15) is 5.26 Å². The van der Waals surface area contributed by atoms with Gasteiger partial charge in [-0.1, -0.05) is 68.5 Å². The topological polar surface area (TPSA) is 40.8 Å². The van der Waals surface area contributed by atoms with Gasteiger partial charge in [-0.15, -0.1) is 0 Å². The highest BCUT2D eigenvalue weighted by atomic mass is 16.3. The number of hydrogen-bond donors (Lipinski definition) is 0. The van der Waals surface area contributed by atoms with Crippen LogP contribution >= 0.6 is 0 Å². The van der Waals surface area contributed by atoms with Gasteiger partial charge in [-0.2, -0.15) is 5.26 Å². The Hall–Kier alpha value is -3.90. The monoisotopic (exact) mass is 553 g/mol. The number of benzene rings is 3. The highest BCUT2D eigenvalue weighted by Crippen LogP contribution is 2.45. The molecule has 2 fully saturated rings. The molecule has 42 heavy (non-hydrogen) atoms. The molecule has 0 radical (unpaired) electrons. The third kappa shape index (κ3) is 4.72. The van der Waals surface area contributed by atoms with Gasteiger partial charge < -0.3 is 4.42 Å². The first-order valence-corrected chi connectivity index (χ1v) is 16.0. The number of furan rings is 1. The predicted molar refractivity (Wildman–Crippen MR) is 171 cm³/mol. The molecule has 0 amide bonds. The lowest BCUT2D eigenvalue weighted by molar-refractivity contribution is -0.660. The van der Waals surface area contributed by atoms with Crippen molar-refractivity contribution in [2.45, 2.75) is 77.6 Å². The summed E-state index contributed by atoms with van der Waals surface area (Å²) >= 11 is 0. The average Bonchev–Trinajstić information content (AvgIpc) is 3.41. The van der Waals surface area contributed by atoms with E-state index in [-0.39, 0.29) is 0 Å². The summed E-state index contributed by atoms with van der Waals surface area (Å²) in [4.78, 5) is 0. The maximum Gasteiger partial charge on any atom is 0.216 e. The van der Waals surface area contributed by atoms with Gasteiger partial charge in [-0.25, -0.2) is 4.57 Å². The van der Waals surface area contributed by atoms with Gasteiger partial charge in [0.25, 0.3) is 0 Å². The van der Waals surface area contributed by atoms with Crippen molar-refractivity contribution in [2.24, 2.45) is 18.9 Å². The number of rotatable bonds is 4. The summed E-state index contributed by atoms with van der Waals surface area (Å²) in [6.45, 7) is 4.27. The van der Waals surface area contributed by atoms with Crippen molar-refractivity contribution in [1.29, 1.82) is 5.26 Å². The van der Waals surface area contributed by atoms with Crippen LogP contribution in [-0.4, -0.2) is 0 Å². The van der Waals surface area contributed by atoms with Crippen LogP contribution in [0.15, 0.2) is 71.3 Å².